The molecule has 5 nitrogen and oxygen atoms in total. The first-order valence-electron chi connectivity index (χ1n) is 10.5. The Kier molecular flexibility index (Phi) is 4.97. The van der Waals surface area contributed by atoms with Crippen molar-refractivity contribution in [3.63, 3.8) is 0 Å². The normalized spacial score (nSPS) is 16.0. The van der Waals surface area contributed by atoms with E-state index >= 15 is 0 Å². The monoisotopic (exact) mass is 399 g/mol. The lowest BCUT2D eigenvalue weighted by Crippen LogP contribution is -2.26. The first kappa shape index (κ1) is 18.8. The van der Waals surface area contributed by atoms with Crippen LogP contribution < -0.4 is 5.56 Å². The van der Waals surface area contributed by atoms with Crippen molar-refractivity contribution in [1.82, 2.24) is 14.1 Å². The van der Waals surface area contributed by atoms with Gasteiger partial charge in [-0.3, -0.25) is 4.79 Å². The summed E-state index contributed by atoms with van der Waals surface area (Å²) < 4.78 is 9.58. The third-order valence-electron chi connectivity index (χ3n) is 6.15. The van der Waals surface area contributed by atoms with E-state index in [9.17, 15) is 4.79 Å². The highest BCUT2D eigenvalue weighted by Crippen LogP contribution is 2.36. The first-order chi connectivity index (χ1) is 14.7. The molecule has 5 heteroatoms. The molecule has 0 radical (unpaired) electrons. The highest BCUT2D eigenvalue weighted by molar-refractivity contribution is 5.82. The number of hydrogen-bond acceptors (Lipinski definition) is 3. The van der Waals surface area contributed by atoms with Crippen LogP contribution in [0.5, 0.6) is 0 Å². The predicted molar refractivity (Wildman–Crippen MR) is 119 cm³/mol. The van der Waals surface area contributed by atoms with Crippen molar-refractivity contribution in [3.05, 3.63) is 89.1 Å². The van der Waals surface area contributed by atoms with E-state index in [1.807, 2.05) is 18.6 Å². The molecule has 1 fully saturated rings. The van der Waals surface area contributed by atoms with Gasteiger partial charge in [0.15, 0.2) is 0 Å². The topological polar surface area (TPSA) is 49.0 Å². The Bertz CT molecular complexity index is 1220. The van der Waals surface area contributed by atoms with Gasteiger partial charge in [-0.05, 0) is 53.6 Å². The second kappa shape index (κ2) is 7.92. The lowest BCUT2D eigenvalue weighted by molar-refractivity contribution is 0.0547. The van der Waals surface area contributed by atoms with Gasteiger partial charge in [0.05, 0.1) is 23.4 Å². The van der Waals surface area contributed by atoms with E-state index in [0.717, 1.165) is 48.2 Å². The van der Waals surface area contributed by atoms with Crippen molar-refractivity contribution in [2.75, 3.05) is 13.2 Å². The number of imidazole rings is 1. The lowest BCUT2D eigenvalue weighted by Gasteiger charge is -2.32. The van der Waals surface area contributed by atoms with Gasteiger partial charge in [-0.1, -0.05) is 36.4 Å². The van der Waals surface area contributed by atoms with E-state index in [2.05, 4.69) is 53.1 Å². The molecule has 4 aromatic rings. The highest BCUT2D eigenvalue weighted by atomic mass is 16.5. The number of nitrogens with zero attached hydrogens (tertiary/aromatic N) is 3. The highest BCUT2D eigenvalue weighted by Gasteiger charge is 2.28. The number of aromatic nitrogens is 3. The van der Waals surface area contributed by atoms with Crippen LogP contribution in [0.4, 0.5) is 0 Å². The smallest absolute Gasteiger partial charge is 0.250 e. The van der Waals surface area contributed by atoms with Gasteiger partial charge in [-0.15, -0.1) is 0 Å². The van der Waals surface area contributed by atoms with Crippen LogP contribution in [0, 0.1) is 5.92 Å². The third-order valence-corrected chi connectivity index (χ3v) is 6.15. The van der Waals surface area contributed by atoms with Crippen LogP contribution in [-0.4, -0.2) is 27.3 Å². The van der Waals surface area contributed by atoms with Gasteiger partial charge in [-0.25, -0.2) is 4.98 Å². The molecule has 152 valence electrons. The van der Waals surface area contributed by atoms with Crippen LogP contribution in [0.1, 0.15) is 24.4 Å². The van der Waals surface area contributed by atoms with Crippen molar-refractivity contribution in [2.45, 2.75) is 18.9 Å². The molecule has 0 N–H and O–H groups in total. The van der Waals surface area contributed by atoms with Crippen molar-refractivity contribution < 1.29 is 4.74 Å². The van der Waals surface area contributed by atoms with Crippen molar-refractivity contribution in [3.8, 4) is 11.1 Å². The average Bonchev–Trinajstić information content (AvgIpc) is 3.20. The Morgan fingerprint density at radius 2 is 1.77 bits per heavy atom. The summed E-state index contributed by atoms with van der Waals surface area (Å²) in [6.07, 6.45) is 5.94. The van der Waals surface area contributed by atoms with Crippen LogP contribution in [-0.2, 0) is 11.8 Å². The minimum Gasteiger partial charge on any atom is -0.381 e. The molecular formula is C25H25N3O2. The van der Waals surface area contributed by atoms with Crippen molar-refractivity contribution in [1.29, 1.82) is 0 Å². The summed E-state index contributed by atoms with van der Waals surface area (Å²) in [5.41, 5.74) is 5.50. The van der Waals surface area contributed by atoms with E-state index in [4.69, 9.17) is 9.72 Å². The fourth-order valence-corrected chi connectivity index (χ4v) is 4.53. The second-order valence-corrected chi connectivity index (χ2v) is 8.03. The number of fused-ring (bicyclic) bond motifs is 1. The SMILES string of the molecule is Cn1cc(-c2ccc3ncn([C@H](c4ccccc4)C4CCOCC4)c3c2)ccc1=O. The zero-order chi connectivity index (χ0) is 20.5. The summed E-state index contributed by atoms with van der Waals surface area (Å²) in [6.45, 7) is 1.62. The first-order valence-corrected chi connectivity index (χ1v) is 10.5. The summed E-state index contributed by atoms with van der Waals surface area (Å²) in [5.74, 6) is 0.500. The number of benzene rings is 2. The van der Waals surface area contributed by atoms with Crippen molar-refractivity contribution in [2.24, 2.45) is 13.0 Å². The van der Waals surface area contributed by atoms with E-state index in [-0.39, 0.29) is 11.6 Å². The fourth-order valence-electron chi connectivity index (χ4n) is 4.53. The Morgan fingerprint density at radius 3 is 2.53 bits per heavy atom. The van der Waals surface area contributed by atoms with Crippen LogP contribution in [0.2, 0.25) is 0 Å². The Hall–Kier alpha value is -3.18. The molecule has 3 heterocycles. The summed E-state index contributed by atoms with van der Waals surface area (Å²) in [7, 11) is 1.78. The van der Waals surface area contributed by atoms with Crippen LogP contribution in [0.15, 0.2) is 78.0 Å². The van der Waals surface area contributed by atoms with E-state index in [0.29, 0.717) is 5.92 Å². The molecule has 0 unspecified atom stereocenters. The molecule has 5 rings (SSSR count). The zero-order valence-electron chi connectivity index (χ0n) is 17.1. The second-order valence-electron chi connectivity index (χ2n) is 8.03. The van der Waals surface area contributed by atoms with Gasteiger partial charge in [0.2, 0.25) is 5.56 Å². The maximum Gasteiger partial charge on any atom is 0.250 e. The summed E-state index contributed by atoms with van der Waals surface area (Å²) in [4.78, 5) is 16.5. The molecule has 2 aromatic carbocycles. The molecule has 2 aromatic heterocycles. The standard InChI is InChI=1S/C25H25N3O2/c1-27-16-21(8-10-24(27)29)20-7-9-22-23(15-20)28(17-26-22)25(18-5-3-2-4-6-18)19-11-13-30-14-12-19/h2-10,15-17,19,25H,11-14H2,1H3/t25-/m1/s1. The van der Waals surface area contributed by atoms with Crippen molar-refractivity contribution >= 4 is 11.0 Å². The number of hydrogen-bond donors (Lipinski definition) is 0. The van der Waals surface area contributed by atoms with Gasteiger partial charge in [0.1, 0.15) is 0 Å². The minimum absolute atomic E-state index is 0.00599. The lowest BCUT2D eigenvalue weighted by atomic mass is 9.86. The molecule has 0 saturated carbocycles. The quantitative estimate of drug-likeness (QED) is 0.510. The Labute approximate surface area is 175 Å². The van der Waals surface area contributed by atoms with Gasteiger partial charge < -0.3 is 13.9 Å². The number of rotatable bonds is 4. The molecule has 1 aliphatic rings. The predicted octanol–water partition coefficient (Wildman–Crippen LogP) is 4.42. The molecule has 0 bridgehead atoms. The Morgan fingerprint density at radius 1 is 1.00 bits per heavy atom. The maximum atomic E-state index is 11.8. The van der Waals surface area contributed by atoms with Crippen LogP contribution in [0.3, 0.4) is 0 Å². The number of ether oxygens (including phenoxy) is 1. The van der Waals surface area contributed by atoms with E-state index < -0.39 is 0 Å². The van der Waals surface area contributed by atoms with Crippen LogP contribution >= 0.6 is 0 Å². The van der Waals surface area contributed by atoms with Crippen LogP contribution in [0.25, 0.3) is 22.2 Å². The molecule has 0 spiro atoms. The number of aryl methyl sites for hydroxylation is 1. The average molecular weight is 399 g/mol. The van der Waals surface area contributed by atoms with E-state index in [1.165, 1.54) is 5.56 Å². The number of pyridine rings is 1. The summed E-state index contributed by atoms with van der Waals surface area (Å²) >= 11 is 0. The molecule has 0 aliphatic carbocycles. The van der Waals surface area contributed by atoms with E-state index in [1.54, 1.807) is 17.7 Å². The zero-order valence-corrected chi connectivity index (χ0v) is 17.1. The van der Waals surface area contributed by atoms with Gasteiger partial charge in [0.25, 0.3) is 0 Å². The largest absolute Gasteiger partial charge is 0.381 e. The molecular weight excluding hydrogens is 374 g/mol. The summed E-state index contributed by atoms with van der Waals surface area (Å²) in [5, 5.41) is 0. The molecule has 0 amide bonds. The molecule has 1 atom stereocenters. The van der Waals surface area contributed by atoms with Gasteiger partial charge in [0, 0.05) is 32.5 Å². The molecule has 30 heavy (non-hydrogen) atoms. The third kappa shape index (κ3) is 3.46. The summed E-state index contributed by atoms with van der Waals surface area (Å²) in [6, 6.07) is 20.8. The molecule has 1 aliphatic heterocycles. The van der Waals surface area contributed by atoms with Gasteiger partial charge >= 0.3 is 0 Å². The van der Waals surface area contributed by atoms with Gasteiger partial charge in [-0.2, -0.15) is 0 Å². The molecule has 1 saturated heterocycles. The fraction of sp³-hybridized carbons (Fsp3) is 0.280. The maximum absolute atomic E-state index is 11.8. The Balaban J connectivity index is 1.64. The minimum atomic E-state index is -0.00599.